The third-order valence-electron chi connectivity index (χ3n) is 4.65. The second kappa shape index (κ2) is 11.1. The van der Waals surface area contributed by atoms with Gasteiger partial charge in [-0.05, 0) is 12.5 Å². The van der Waals surface area contributed by atoms with Crippen LogP contribution in [0.3, 0.4) is 0 Å². The molecule has 0 spiro atoms. The van der Waals surface area contributed by atoms with Crippen molar-refractivity contribution in [3.05, 3.63) is 35.9 Å². The fourth-order valence-corrected chi connectivity index (χ4v) is 3.42. The molecular formula is C22H28O10. The van der Waals surface area contributed by atoms with Gasteiger partial charge in [-0.15, -0.1) is 0 Å². The van der Waals surface area contributed by atoms with Crippen LogP contribution in [0.2, 0.25) is 0 Å². The minimum Gasteiger partial charge on any atom is -0.463 e. The maximum absolute atomic E-state index is 11.9. The van der Waals surface area contributed by atoms with Gasteiger partial charge in [0, 0.05) is 27.7 Å². The van der Waals surface area contributed by atoms with Crippen LogP contribution in [0.25, 0.3) is 0 Å². The predicted octanol–water partition coefficient (Wildman–Crippen LogP) is 1.68. The van der Waals surface area contributed by atoms with Crippen molar-refractivity contribution >= 4 is 23.9 Å². The Kier molecular flexibility index (Phi) is 8.73. The first-order valence-electron chi connectivity index (χ1n) is 10.0. The molecule has 10 heteroatoms. The lowest BCUT2D eigenvalue weighted by Gasteiger charge is -2.49. The summed E-state index contributed by atoms with van der Waals surface area (Å²) in [5, 5.41) is 0. The van der Waals surface area contributed by atoms with Crippen LogP contribution in [0.1, 0.15) is 40.2 Å². The second-order valence-corrected chi connectivity index (χ2v) is 7.49. The zero-order chi connectivity index (χ0) is 23.9. The van der Waals surface area contributed by atoms with Crippen molar-refractivity contribution in [2.45, 2.75) is 71.4 Å². The molecule has 1 aliphatic rings. The highest BCUT2D eigenvalue weighted by Crippen LogP contribution is 2.38. The third-order valence-corrected chi connectivity index (χ3v) is 4.65. The number of benzene rings is 1. The average molecular weight is 452 g/mol. The van der Waals surface area contributed by atoms with Crippen LogP contribution in [0.4, 0.5) is 0 Å². The molecule has 1 aromatic carbocycles. The minimum absolute atomic E-state index is 0.0771. The Morgan fingerprint density at radius 3 is 2.06 bits per heavy atom. The Morgan fingerprint density at radius 1 is 0.906 bits per heavy atom. The lowest BCUT2D eigenvalue weighted by molar-refractivity contribution is -0.342. The highest BCUT2D eigenvalue weighted by atomic mass is 16.7. The summed E-state index contributed by atoms with van der Waals surface area (Å²) in [5.74, 6) is -2.69. The van der Waals surface area contributed by atoms with E-state index in [2.05, 4.69) is 0 Å². The first-order valence-corrected chi connectivity index (χ1v) is 10.0. The second-order valence-electron chi connectivity index (χ2n) is 7.49. The molecule has 176 valence electrons. The van der Waals surface area contributed by atoms with Gasteiger partial charge in [0.2, 0.25) is 11.9 Å². The smallest absolute Gasteiger partial charge is 0.303 e. The van der Waals surface area contributed by atoms with E-state index in [9.17, 15) is 19.2 Å². The van der Waals surface area contributed by atoms with E-state index in [1.165, 1.54) is 20.8 Å². The van der Waals surface area contributed by atoms with Gasteiger partial charge < -0.3 is 28.4 Å². The minimum atomic E-state index is -1.68. The van der Waals surface area contributed by atoms with Gasteiger partial charge in [0.1, 0.15) is 12.7 Å². The zero-order valence-corrected chi connectivity index (χ0v) is 18.7. The van der Waals surface area contributed by atoms with Crippen LogP contribution in [0.5, 0.6) is 0 Å². The molecule has 5 atom stereocenters. The van der Waals surface area contributed by atoms with Gasteiger partial charge in [-0.2, -0.15) is 0 Å². The van der Waals surface area contributed by atoms with E-state index in [4.69, 9.17) is 28.4 Å². The lowest BCUT2D eigenvalue weighted by atomic mass is 9.87. The Balaban J connectivity index is 2.45. The Bertz CT molecular complexity index is 823. The maximum Gasteiger partial charge on any atom is 0.303 e. The summed E-state index contributed by atoms with van der Waals surface area (Å²) in [6, 6.07) is 9.15. The van der Waals surface area contributed by atoms with Crippen molar-refractivity contribution in [2.24, 2.45) is 0 Å². The number of rotatable bonds is 8. The van der Waals surface area contributed by atoms with Gasteiger partial charge in [0.15, 0.2) is 12.2 Å². The van der Waals surface area contributed by atoms with Crippen LogP contribution in [-0.2, 0) is 54.2 Å². The molecule has 10 nitrogen and oxygen atoms in total. The van der Waals surface area contributed by atoms with Crippen LogP contribution in [0, 0.1) is 0 Å². The van der Waals surface area contributed by atoms with E-state index in [0.717, 1.165) is 19.4 Å². The van der Waals surface area contributed by atoms with Gasteiger partial charge >= 0.3 is 23.9 Å². The monoisotopic (exact) mass is 452 g/mol. The van der Waals surface area contributed by atoms with E-state index < -0.39 is 54.1 Å². The van der Waals surface area contributed by atoms with Gasteiger partial charge in [0.05, 0.1) is 6.61 Å². The van der Waals surface area contributed by atoms with Crippen molar-refractivity contribution in [2.75, 3.05) is 6.61 Å². The number of esters is 4. The summed E-state index contributed by atoms with van der Waals surface area (Å²) in [7, 11) is 0. The van der Waals surface area contributed by atoms with Gasteiger partial charge in [-0.3, -0.25) is 19.2 Å². The van der Waals surface area contributed by atoms with E-state index >= 15 is 0 Å². The molecule has 0 saturated carbocycles. The molecule has 1 heterocycles. The van der Waals surface area contributed by atoms with E-state index in [0.29, 0.717) is 0 Å². The molecule has 2 rings (SSSR count). The first-order chi connectivity index (χ1) is 15.0. The number of ether oxygens (including phenoxy) is 6. The Labute approximate surface area is 186 Å². The van der Waals surface area contributed by atoms with Gasteiger partial charge in [0.25, 0.3) is 0 Å². The number of carbonyl (C=O) groups is 4. The van der Waals surface area contributed by atoms with Crippen LogP contribution < -0.4 is 0 Å². The summed E-state index contributed by atoms with van der Waals surface area (Å²) in [6.07, 6.45) is -4.85. The molecule has 0 bridgehead atoms. The summed E-state index contributed by atoms with van der Waals surface area (Å²) in [5.41, 5.74) is -0.872. The van der Waals surface area contributed by atoms with Crippen molar-refractivity contribution in [3.63, 3.8) is 0 Å². The van der Waals surface area contributed by atoms with Crippen LogP contribution in [-0.4, -0.2) is 60.7 Å². The Morgan fingerprint density at radius 2 is 1.53 bits per heavy atom. The molecule has 1 aromatic rings. The zero-order valence-electron chi connectivity index (χ0n) is 18.7. The molecule has 0 aromatic heterocycles. The molecule has 0 unspecified atom stereocenters. The standard InChI is InChI=1S/C22H28O10/c1-13(23)27-12-18-19(29-14(2)24)20(30-15(3)25)22(5,32-16(4)26)21(31-18)28-11-17-9-7-6-8-10-17/h6-10,18-21H,11-12H2,1-5H3/t18-,19-,20+,21+,22+/m1/s1. The number of hydrogen-bond donors (Lipinski definition) is 0. The molecular weight excluding hydrogens is 424 g/mol. The van der Waals surface area contributed by atoms with E-state index in [-0.39, 0.29) is 13.2 Å². The summed E-state index contributed by atoms with van der Waals surface area (Å²) in [4.78, 5) is 47.0. The SMILES string of the molecule is CC(=O)OC[C@H]1O[C@H](OCc2ccccc2)[C@@](C)(OC(C)=O)[C@@H](OC(C)=O)[C@@H]1OC(C)=O. The first kappa shape index (κ1) is 25.3. The average Bonchev–Trinajstić information content (AvgIpc) is 2.69. The fourth-order valence-electron chi connectivity index (χ4n) is 3.42. The van der Waals surface area contributed by atoms with E-state index in [1.54, 1.807) is 0 Å². The molecule has 0 aliphatic carbocycles. The number of carbonyl (C=O) groups excluding carboxylic acids is 4. The Hall–Kier alpha value is -2.98. The summed E-state index contributed by atoms with van der Waals surface area (Å²) >= 11 is 0. The molecule has 32 heavy (non-hydrogen) atoms. The predicted molar refractivity (Wildman–Crippen MR) is 108 cm³/mol. The summed E-state index contributed by atoms with van der Waals surface area (Å²) < 4.78 is 33.2. The molecule has 0 amide bonds. The van der Waals surface area contributed by atoms with Crippen LogP contribution >= 0.6 is 0 Å². The van der Waals surface area contributed by atoms with Crippen molar-refractivity contribution in [1.29, 1.82) is 0 Å². The molecule has 1 fully saturated rings. The molecule has 1 aliphatic heterocycles. The number of hydrogen-bond acceptors (Lipinski definition) is 10. The molecule has 1 saturated heterocycles. The van der Waals surface area contributed by atoms with Gasteiger partial charge in [-0.25, -0.2) is 0 Å². The topological polar surface area (TPSA) is 124 Å². The fraction of sp³-hybridized carbons (Fsp3) is 0.545. The largest absolute Gasteiger partial charge is 0.463 e. The van der Waals surface area contributed by atoms with Crippen LogP contribution in [0.15, 0.2) is 30.3 Å². The molecule has 0 radical (unpaired) electrons. The highest BCUT2D eigenvalue weighted by Gasteiger charge is 2.60. The lowest BCUT2D eigenvalue weighted by Crippen LogP contribution is -2.69. The van der Waals surface area contributed by atoms with Crippen molar-refractivity contribution < 1.29 is 47.6 Å². The van der Waals surface area contributed by atoms with Gasteiger partial charge in [-0.1, -0.05) is 30.3 Å². The quantitative estimate of drug-likeness (QED) is 0.425. The molecule has 0 N–H and O–H groups in total. The van der Waals surface area contributed by atoms with Crippen molar-refractivity contribution in [3.8, 4) is 0 Å². The third kappa shape index (κ3) is 6.76. The summed E-state index contributed by atoms with van der Waals surface area (Å²) in [6.45, 7) is 5.93. The maximum atomic E-state index is 11.9. The highest BCUT2D eigenvalue weighted by molar-refractivity contribution is 5.69. The van der Waals surface area contributed by atoms with E-state index in [1.807, 2.05) is 30.3 Å². The van der Waals surface area contributed by atoms with Crippen molar-refractivity contribution in [1.82, 2.24) is 0 Å². The normalized spacial score (nSPS) is 27.2.